The van der Waals surface area contributed by atoms with Crippen LogP contribution in [-0.2, 0) is 4.79 Å². The zero-order valence-electron chi connectivity index (χ0n) is 11.3. The molecular weight excluding hydrogens is 253 g/mol. The van der Waals surface area contributed by atoms with E-state index in [1.54, 1.807) is 12.1 Å². The molecule has 1 N–H and O–H groups in total. The molecule has 2 aromatic rings. The second kappa shape index (κ2) is 4.60. The lowest BCUT2D eigenvalue weighted by Gasteiger charge is -2.03. The van der Waals surface area contributed by atoms with Crippen LogP contribution < -0.4 is 5.32 Å². The molecule has 1 amide bonds. The number of rotatable bonds is 1. The maximum absolute atomic E-state index is 13.4. The first kappa shape index (κ1) is 12.6. The Bertz CT molecular complexity index is 747. The summed E-state index contributed by atoms with van der Waals surface area (Å²) in [6.45, 7) is 4.07. The smallest absolute Gasteiger partial charge is 0.256 e. The first-order valence-electron chi connectivity index (χ1n) is 6.45. The van der Waals surface area contributed by atoms with Gasteiger partial charge in [0.05, 0.1) is 0 Å². The summed E-state index contributed by atoms with van der Waals surface area (Å²) in [5.74, 6) is -0.532. The first-order valence-corrected chi connectivity index (χ1v) is 6.45. The Labute approximate surface area is 116 Å². The molecule has 0 unspecified atom stereocenters. The van der Waals surface area contributed by atoms with E-state index in [9.17, 15) is 9.18 Å². The van der Waals surface area contributed by atoms with Crippen LogP contribution in [0.25, 0.3) is 11.6 Å². The third-order valence-electron chi connectivity index (χ3n) is 3.61. The standard InChI is InChI=1S/C17H14FNO/c1-10-3-4-12(7-11(10)2)8-15-14-9-13(18)5-6-16(14)19-17(15)20/h3-9H,1-2H3,(H,19,20)/b15-8-. The molecule has 0 atom stereocenters. The predicted molar refractivity (Wildman–Crippen MR) is 78.8 cm³/mol. The molecule has 0 aromatic heterocycles. The van der Waals surface area contributed by atoms with Gasteiger partial charge in [0.2, 0.25) is 0 Å². The maximum Gasteiger partial charge on any atom is 0.256 e. The van der Waals surface area contributed by atoms with Crippen LogP contribution in [0.4, 0.5) is 10.1 Å². The molecule has 1 heterocycles. The molecule has 0 radical (unpaired) electrons. The van der Waals surface area contributed by atoms with Crippen LogP contribution in [0.3, 0.4) is 0 Å². The quantitative estimate of drug-likeness (QED) is 0.779. The van der Waals surface area contributed by atoms with Gasteiger partial charge < -0.3 is 5.32 Å². The second-order valence-corrected chi connectivity index (χ2v) is 5.05. The number of halogens is 1. The minimum atomic E-state index is -0.341. The van der Waals surface area contributed by atoms with Crippen molar-refractivity contribution in [2.45, 2.75) is 13.8 Å². The zero-order valence-corrected chi connectivity index (χ0v) is 11.3. The van der Waals surface area contributed by atoms with Gasteiger partial charge in [-0.25, -0.2) is 4.39 Å². The lowest BCUT2D eigenvalue weighted by atomic mass is 10.0. The number of benzene rings is 2. The molecule has 0 bridgehead atoms. The molecule has 0 saturated carbocycles. The van der Waals surface area contributed by atoms with Crippen LogP contribution in [0.1, 0.15) is 22.3 Å². The van der Waals surface area contributed by atoms with E-state index in [0.29, 0.717) is 16.8 Å². The van der Waals surface area contributed by atoms with E-state index in [2.05, 4.69) is 5.32 Å². The zero-order chi connectivity index (χ0) is 14.3. The third-order valence-corrected chi connectivity index (χ3v) is 3.61. The highest BCUT2D eigenvalue weighted by Crippen LogP contribution is 2.33. The van der Waals surface area contributed by atoms with E-state index in [0.717, 1.165) is 11.1 Å². The van der Waals surface area contributed by atoms with Crippen molar-refractivity contribution in [3.63, 3.8) is 0 Å². The van der Waals surface area contributed by atoms with E-state index < -0.39 is 0 Å². The molecule has 0 fully saturated rings. The average Bonchev–Trinajstić information content (AvgIpc) is 2.70. The van der Waals surface area contributed by atoms with Crippen LogP contribution >= 0.6 is 0 Å². The highest BCUT2D eigenvalue weighted by molar-refractivity contribution is 6.34. The second-order valence-electron chi connectivity index (χ2n) is 5.05. The van der Waals surface area contributed by atoms with Crippen LogP contribution in [0.2, 0.25) is 0 Å². The summed E-state index contributed by atoms with van der Waals surface area (Å²) in [4.78, 5) is 12.0. The molecule has 3 heteroatoms. The SMILES string of the molecule is Cc1ccc(/C=C2\C(=O)Nc3ccc(F)cc32)cc1C. The van der Waals surface area contributed by atoms with Crippen LogP contribution in [0.15, 0.2) is 36.4 Å². The molecule has 0 aliphatic carbocycles. The van der Waals surface area contributed by atoms with Crippen LogP contribution in [0.5, 0.6) is 0 Å². The number of anilines is 1. The van der Waals surface area contributed by atoms with Gasteiger partial charge in [0.15, 0.2) is 0 Å². The number of aryl methyl sites for hydroxylation is 2. The largest absolute Gasteiger partial charge is 0.321 e. The maximum atomic E-state index is 13.4. The Kier molecular flexibility index (Phi) is 2.90. The molecule has 0 saturated heterocycles. The number of carbonyl (C=O) groups is 1. The van der Waals surface area contributed by atoms with Crippen molar-refractivity contribution in [2.24, 2.45) is 0 Å². The van der Waals surface area contributed by atoms with Crippen molar-refractivity contribution in [2.75, 3.05) is 5.32 Å². The molecule has 1 aliphatic rings. The molecule has 2 nitrogen and oxygen atoms in total. The molecule has 3 rings (SSSR count). The Hall–Kier alpha value is -2.42. The number of hydrogen-bond acceptors (Lipinski definition) is 1. The molecular formula is C17H14FNO. The highest BCUT2D eigenvalue weighted by Gasteiger charge is 2.24. The van der Waals surface area contributed by atoms with Crippen molar-refractivity contribution < 1.29 is 9.18 Å². The Morgan fingerprint density at radius 3 is 2.60 bits per heavy atom. The van der Waals surface area contributed by atoms with Crippen molar-refractivity contribution in [1.82, 2.24) is 0 Å². The van der Waals surface area contributed by atoms with Gasteiger partial charge in [-0.3, -0.25) is 4.79 Å². The Morgan fingerprint density at radius 1 is 1.05 bits per heavy atom. The minimum absolute atomic E-state index is 0.191. The molecule has 0 spiro atoms. The molecule has 2 aromatic carbocycles. The van der Waals surface area contributed by atoms with Crippen LogP contribution in [0, 0.1) is 19.7 Å². The monoisotopic (exact) mass is 267 g/mol. The normalized spacial score (nSPS) is 15.3. The van der Waals surface area contributed by atoms with Crippen molar-refractivity contribution in [3.8, 4) is 0 Å². The summed E-state index contributed by atoms with van der Waals surface area (Å²) < 4.78 is 13.4. The van der Waals surface area contributed by atoms with Gasteiger partial charge in [-0.05, 0) is 54.8 Å². The highest BCUT2D eigenvalue weighted by atomic mass is 19.1. The van der Waals surface area contributed by atoms with Gasteiger partial charge in [0, 0.05) is 16.8 Å². The number of hydrogen-bond donors (Lipinski definition) is 1. The van der Waals surface area contributed by atoms with Gasteiger partial charge >= 0.3 is 0 Å². The summed E-state index contributed by atoms with van der Waals surface area (Å²) in [7, 11) is 0. The van der Waals surface area contributed by atoms with E-state index in [-0.39, 0.29) is 11.7 Å². The van der Waals surface area contributed by atoms with Crippen molar-refractivity contribution in [3.05, 3.63) is 64.5 Å². The predicted octanol–water partition coefficient (Wildman–Crippen LogP) is 3.94. The summed E-state index contributed by atoms with van der Waals surface area (Å²) in [6, 6.07) is 10.3. The minimum Gasteiger partial charge on any atom is -0.321 e. The van der Waals surface area contributed by atoms with Gasteiger partial charge in [0.1, 0.15) is 5.82 Å². The van der Waals surface area contributed by atoms with E-state index in [1.165, 1.54) is 17.7 Å². The van der Waals surface area contributed by atoms with Crippen LogP contribution in [-0.4, -0.2) is 5.91 Å². The Morgan fingerprint density at radius 2 is 1.85 bits per heavy atom. The van der Waals surface area contributed by atoms with Gasteiger partial charge in [-0.15, -0.1) is 0 Å². The summed E-state index contributed by atoms with van der Waals surface area (Å²) >= 11 is 0. The Balaban J connectivity index is 2.10. The molecule has 1 aliphatic heterocycles. The lowest BCUT2D eigenvalue weighted by molar-refractivity contribution is -0.110. The topological polar surface area (TPSA) is 29.1 Å². The number of nitrogens with one attached hydrogen (secondary N) is 1. The van der Waals surface area contributed by atoms with Crippen molar-refractivity contribution in [1.29, 1.82) is 0 Å². The van der Waals surface area contributed by atoms with E-state index >= 15 is 0 Å². The van der Waals surface area contributed by atoms with Gasteiger partial charge in [0.25, 0.3) is 5.91 Å². The fourth-order valence-electron chi connectivity index (χ4n) is 2.32. The molecule has 20 heavy (non-hydrogen) atoms. The van der Waals surface area contributed by atoms with Gasteiger partial charge in [-0.2, -0.15) is 0 Å². The van der Waals surface area contributed by atoms with Crippen molar-refractivity contribution >= 4 is 23.2 Å². The van der Waals surface area contributed by atoms with Gasteiger partial charge in [-0.1, -0.05) is 18.2 Å². The summed E-state index contributed by atoms with van der Waals surface area (Å²) in [6.07, 6.45) is 1.80. The summed E-state index contributed by atoms with van der Waals surface area (Å²) in [5, 5.41) is 2.75. The number of fused-ring (bicyclic) bond motifs is 1. The fraction of sp³-hybridized carbons (Fsp3) is 0.118. The average molecular weight is 267 g/mol. The first-order chi connectivity index (χ1) is 9.54. The van der Waals surface area contributed by atoms with E-state index in [4.69, 9.17) is 0 Å². The van der Waals surface area contributed by atoms with E-state index in [1.807, 2.05) is 32.0 Å². The number of carbonyl (C=O) groups excluding carboxylic acids is 1. The lowest BCUT2D eigenvalue weighted by Crippen LogP contribution is -2.03. The third kappa shape index (κ3) is 2.11. The number of amides is 1. The fourth-order valence-corrected chi connectivity index (χ4v) is 2.32. The summed E-state index contributed by atoms with van der Waals surface area (Å²) in [5.41, 5.74) is 5.09. The molecule has 100 valence electrons.